The van der Waals surface area contributed by atoms with Crippen LogP contribution in [0.25, 0.3) is 12.2 Å². The zero-order chi connectivity index (χ0) is 17.4. The van der Waals surface area contributed by atoms with Gasteiger partial charge in [-0.3, -0.25) is 29.9 Å². The second-order valence-corrected chi connectivity index (χ2v) is 5.19. The van der Waals surface area contributed by atoms with E-state index in [1.54, 1.807) is 24.3 Å². The molecule has 3 rings (SSSR count). The molecule has 8 nitrogen and oxygen atoms in total. The molecule has 0 radical (unpaired) electrons. The highest BCUT2D eigenvalue weighted by molar-refractivity contribution is 6.06. The Balaban J connectivity index is 2.29. The summed E-state index contributed by atoms with van der Waals surface area (Å²) in [7, 11) is 0. The molecule has 8 heteroatoms. The summed E-state index contributed by atoms with van der Waals surface area (Å²) >= 11 is 0. The van der Waals surface area contributed by atoms with Crippen molar-refractivity contribution in [3.05, 3.63) is 67.8 Å². The van der Waals surface area contributed by atoms with E-state index in [0.29, 0.717) is 22.5 Å². The molecule has 1 heterocycles. The minimum Gasteiger partial charge on any atom is -0.280 e. The van der Waals surface area contributed by atoms with E-state index in [2.05, 4.69) is 0 Å². The first-order chi connectivity index (χ1) is 11.4. The molecule has 120 valence electrons. The lowest BCUT2D eigenvalue weighted by Gasteiger charge is -2.23. The smallest absolute Gasteiger partial charge is 0.271 e. The van der Waals surface area contributed by atoms with Crippen LogP contribution in [0, 0.1) is 20.2 Å². The first kappa shape index (κ1) is 15.3. The van der Waals surface area contributed by atoms with Crippen LogP contribution >= 0.6 is 0 Å². The first-order valence-electron chi connectivity index (χ1n) is 6.94. The Hall–Kier alpha value is -3.55. The van der Waals surface area contributed by atoms with Crippen molar-refractivity contribution in [1.29, 1.82) is 0 Å². The molecule has 1 aliphatic rings. The number of fused-ring (bicyclic) bond motifs is 2. The summed E-state index contributed by atoms with van der Waals surface area (Å²) < 4.78 is 0. The molecule has 1 aliphatic heterocycles. The molecular formula is C16H11N3O5. The van der Waals surface area contributed by atoms with Crippen LogP contribution in [0.4, 0.5) is 22.7 Å². The normalized spacial score (nSPS) is 12.1. The van der Waals surface area contributed by atoms with Crippen LogP contribution in [-0.4, -0.2) is 15.8 Å². The average molecular weight is 325 g/mol. The highest BCUT2D eigenvalue weighted by Crippen LogP contribution is 2.39. The third-order valence-corrected chi connectivity index (χ3v) is 3.69. The molecule has 2 aromatic carbocycles. The highest BCUT2D eigenvalue weighted by atomic mass is 16.6. The molecule has 0 saturated carbocycles. The van der Waals surface area contributed by atoms with Crippen molar-refractivity contribution >= 4 is 40.8 Å². The molecule has 0 N–H and O–H groups in total. The number of nitrogens with zero attached hydrogens (tertiary/aromatic N) is 3. The Kier molecular flexibility index (Phi) is 3.57. The molecule has 0 spiro atoms. The maximum Gasteiger partial charge on any atom is 0.271 e. The summed E-state index contributed by atoms with van der Waals surface area (Å²) in [6, 6.07) is 8.35. The first-order valence-corrected chi connectivity index (χ1v) is 6.94. The number of rotatable bonds is 2. The summed E-state index contributed by atoms with van der Waals surface area (Å²) in [6.45, 7) is 1.30. The Morgan fingerprint density at radius 1 is 0.875 bits per heavy atom. The van der Waals surface area contributed by atoms with Gasteiger partial charge in [0.25, 0.3) is 11.4 Å². The minimum atomic E-state index is -0.554. The van der Waals surface area contributed by atoms with E-state index >= 15 is 0 Å². The molecule has 1 amide bonds. The number of nitro groups is 2. The summed E-state index contributed by atoms with van der Waals surface area (Å²) in [5.74, 6) is -0.401. The van der Waals surface area contributed by atoms with Crippen LogP contribution in [0.15, 0.2) is 36.4 Å². The number of hydrogen-bond acceptors (Lipinski definition) is 5. The van der Waals surface area contributed by atoms with Crippen LogP contribution in [0.2, 0.25) is 0 Å². The van der Waals surface area contributed by atoms with E-state index < -0.39 is 15.8 Å². The Bertz CT molecular complexity index is 852. The molecule has 24 heavy (non-hydrogen) atoms. The summed E-state index contributed by atoms with van der Waals surface area (Å²) in [5, 5.41) is 22.1. The summed E-state index contributed by atoms with van der Waals surface area (Å²) in [5.41, 5.74) is 1.51. The predicted octanol–water partition coefficient (Wildman–Crippen LogP) is 3.67. The van der Waals surface area contributed by atoms with Crippen LogP contribution < -0.4 is 4.90 Å². The third-order valence-electron chi connectivity index (χ3n) is 3.69. The van der Waals surface area contributed by atoms with E-state index in [1.807, 2.05) is 0 Å². The van der Waals surface area contributed by atoms with E-state index in [-0.39, 0.29) is 11.4 Å². The van der Waals surface area contributed by atoms with E-state index in [0.717, 1.165) is 0 Å². The molecule has 0 atom stereocenters. The average Bonchev–Trinajstić information content (AvgIpc) is 2.69. The standard InChI is InChI=1S/C16H11N3O5/c1-10(20)17-15-8-13(18(21)22)6-4-11(15)2-3-12-5-7-14(19(23)24)9-16(12)17/h2-9H,1H3. The van der Waals surface area contributed by atoms with Crippen molar-refractivity contribution in [2.45, 2.75) is 6.92 Å². The lowest BCUT2D eigenvalue weighted by Crippen LogP contribution is -2.24. The number of non-ortho nitro benzene ring substituents is 2. The van der Waals surface area contributed by atoms with Gasteiger partial charge in [-0.15, -0.1) is 0 Å². The van der Waals surface area contributed by atoms with Gasteiger partial charge >= 0.3 is 0 Å². The fraction of sp³-hybridized carbons (Fsp3) is 0.0625. The second-order valence-electron chi connectivity index (χ2n) is 5.19. The van der Waals surface area contributed by atoms with Gasteiger partial charge in [-0.1, -0.05) is 12.2 Å². The number of benzene rings is 2. The second kappa shape index (κ2) is 5.58. The van der Waals surface area contributed by atoms with Gasteiger partial charge in [0, 0.05) is 31.2 Å². The van der Waals surface area contributed by atoms with Crippen molar-refractivity contribution in [3.8, 4) is 0 Å². The van der Waals surface area contributed by atoms with Crippen LogP contribution in [0.3, 0.4) is 0 Å². The zero-order valence-corrected chi connectivity index (χ0v) is 12.5. The van der Waals surface area contributed by atoms with Crippen LogP contribution in [0.1, 0.15) is 18.1 Å². The van der Waals surface area contributed by atoms with Crippen molar-refractivity contribution in [2.75, 3.05) is 4.90 Å². The monoisotopic (exact) mass is 325 g/mol. The van der Waals surface area contributed by atoms with Gasteiger partial charge in [-0.25, -0.2) is 0 Å². The Morgan fingerprint density at radius 2 is 1.29 bits per heavy atom. The number of amides is 1. The maximum atomic E-state index is 12.2. The van der Waals surface area contributed by atoms with Crippen molar-refractivity contribution in [1.82, 2.24) is 0 Å². The Labute approximate surface area is 135 Å². The van der Waals surface area contributed by atoms with Gasteiger partial charge in [0.1, 0.15) is 0 Å². The van der Waals surface area contributed by atoms with Crippen molar-refractivity contribution < 1.29 is 14.6 Å². The molecule has 0 aliphatic carbocycles. The van der Waals surface area contributed by atoms with Gasteiger partial charge in [-0.2, -0.15) is 0 Å². The van der Waals surface area contributed by atoms with Gasteiger partial charge in [0.05, 0.1) is 21.2 Å². The lowest BCUT2D eigenvalue weighted by molar-refractivity contribution is -0.384. The SMILES string of the molecule is CC(=O)N1c2cc([N+](=O)[O-])ccc2C=Cc2ccc([N+](=O)[O-])cc21. The number of hydrogen-bond donors (Lipinski definition) is 0. The molecule has 0 bridgehead atoms. The molecular weight excluding hydrogens is 314 g/mol. The van der Waals surface area contributed by atoms with Gasteiger partial charge in [-0.05, 0) is 23.3 Å². The lowest BCUT2D eigenvalue weighted by atomic mass is 10.1. The fourth-order valence-electron chi connectivity index (χ4n) is 2.61. The molecule has 2 aromatic rings. The van der Waals surface area contributed by atoms with Gasteiger partial charge < -0.3 is 0 Å². The topological polar surface area (TPSA) is 107 Å². The Morgan fingerprint density at radius 3 is 1.62 bits per heavy atom. The molecule has 0 aromatic heterocycles. The van der Waals surface area contributed by atoms with E-state index in [4.69, 9.17) is 0 Å². The molecule has 0 fully saturated rings. The summed E-state index contributed by atoms with van der Waals surface area (Å²) in [6.07, 6.45) is 3.43. The van der Waals surface area contributed by atoms with Crippen LogP contribution in [0.5, 0.6) is 0 Å². The summed E-state index contributed by atoms with van der Waals surface area (Å²) in [4.78, 5) is 34.4. The number of carbonyl (C=O) groups excluding carboxylic acids is 1. The van der Waals surface area contributed by atoms with Crippen molar-refractivity contribution in [2.24, 2.45) is 0 Å². The zero-order valence-electron chi connectivity index (χ0n) is 12.5. The van der Waals surface area contributed by atoms with Crippen molar-refractivity contribution in [3.63, 3.8) is 0 Å². The maximum absolute atomic E-state index is 12.2. The number of carbonyl (C=O) groups is 1. The van der Waals surface area contributed by atoms with E-state index in [9.17, 15) is 25.0 Å². The number of nitro benzene ring substituents is 2. The fourth-order valence-corrected chi connectivity index (χ4v) is 2.61. The predicted molar refractivity (Wildman–Crippen MR) is 87.9 cm³/mol. The quantitative estimate of drug-likeness (QED) is 0.618. The van der Waals surface area contributed by atoms with Gasteiger partial charge in [0.15, 0.2) is 0 Å². The molecule has 0 saturated heterocycles. The van der Waals surface area contributed by atoms with Crippen LogP contribution in [-0.2, 0) is 4.79 Å². The van der Waals surface area contributed by atoms with E-state index in [1.165, 1.54) is 36.1 Å². The third kappa shape index (κ3) is 2.50. The minimum absolute atomic E-state index is 0.165. The number of anilines is 2. The molecule has 0 unspecified atom stereocenters. The largest absolute Gasteiger partial charge is 0.280 e. The van der Waals surface area contributed by atoms with Gasteiger partial charge in [0.2, 0.25) is 5.91 Å². The highest BCUT2D eigenvalue weighted by Gasteiger charge is 2.25.